The molecule has 98 valence electrons. The molecule has 0 radical (unpaired) electrons. The molecule has 0 saturated heterocycles. The Hall–Kier alpha value is -2.33. The summed E-state index contributed by atoms with van der Waals surface area (Å²) in [6.45, 7) is 1.74. The first-order valence-electron chi connectivity index (χ1n) is 5.37. The van der Waals surface area contributed by atoms with Crippen LogP contribution in [0, 0.1) is 12.3 Å². The summed E-state index contributed by atoms with van der Waals surface area (Å²) in [6, 6.07) is 4.37. The SMILES string of the molecule is C#Cc1ccc2c(c1)S(=O)(=O)N=C(C(=O)OCC)N2. The van der Waals surface area contributed by atoms with Crippen molar-refractivity contribution in [3.63, 3.8) is 0 Å². The molecule has 0 saturated carbocycles. The molecule has 19 heavy (non-hydrogen) atoms. The normalized spacial score (nSPS) is 15.5. The van der Waals surface area contributed by atoms with Crippen LogP contribution in [0.1, 0.15) is 12.5 Å². The molecule has 6 nitrogen and oxygen atoms in total. The van der Waals surface area contributed by atoms with Crippen LogP contribution in [-0.4, -0.2) is 26.8 Å². The number of anilines is 1. The second kappa shape index (κ2) is 4.74. The van der Waals surface area contributed by atoms with Gasteiger partial charge >= 0.3 is 5.97 Å². The van der Waals surface area contributed by atoms with Gasteiger partial charge in [0.1, 0.15) is 4.90 Å². The third kappa shape index (κ3) is 2.44. The molecule has 0 atom stereocenters. The number of hydrogen-bond acceptors (Lipinski definition) is 5. The number of ether oxygens (including phenoxy) is 1. The van der Waals surface area contributed by atoms with Crippen LogP contribution in [0.4, 0.5) is 5.69 Å². The van der Waals surface area contributed by atoms with Crippen LogP contribution in [0.25, 0.3) is 0 Å². The molecule has 0 unspecified atom stereocenters. The summed E-state index contributed by atoms with van der Waals surface area (Å²) in [5, 5.41) is 2.62. The maximum Gasteiger partial charge on any atom is 0.375 e. The van der Waals surface area contributed by atoms with E-state index >= 15 is 0 Å². The maximum absolute atomic E-state index is 12.0. The lowest BCUT2D eigenvalue weighted by Gasteiger charge is -2.17. The van der Waals surface area contributed by atoms with Gasteiger partial charge in [-0.05, 0) is 25.1 Å². The molecule has 1 heterocycles. The lowest BCUT2D eigenvalue weighted by atomic mass is 10.2. The molecular formula is C12H10N2O4S. The van der Waals surface area contributed by atoms with Crippen molar-refractivity contribution in [2.75, 3.05) is 11.9 Å². The highest BCUT2D eigenvalue weighted by atomic mass is 32.2. The smallest absolute Gasteiger partial charge is 0.375 e. The van der Waals surface area contributed by atoms with E-state index in [1.807, 2.05) is 0 Å². The molecule has 1 N–H and O–H groups in total. The largest absolute Gasteiger partial charge is 0.460 e. The third-order valence-electron chi connectivity index (χ3n) is 2.36. The molecule has 0 spiro atoms. The minimum atomic E-state index is -3.96. The average Bonchev–Trinajstić information content (AvgIpc) is 2.38. The third-order valence-corrected chi connectivity index (χ3v) is 3.68. The van der Waals surface area contributed by atoms with Crippen molar-refractivity contribution in [2.45, 2.75) is 11.8 Å². The quantitative estimate of drug-likeness (QED) is 0.637. The van der Waals surface area contributed by atoms with Crippen LogP contribution >= 0.6 is 0 Å². The van der Waals surface area contributed by atoms with Crippen LogP contribution < -0.4 is 5.32 Å². The molecule has 0 aromatic heterocycles. The number of esters is 1. The molecule has 0 bridgehead atoms. The van der Waals surface area contributed by atoms with E-state index in [4.69, 9.17) is 11.2 Å². The average molecular weight is 278 g/mol. The zero-order valence-corrected chi connectivity index (χ0v) is 10.8. The number of sulfonamides is 1. The first kappa shape index (κ1) is 13.1. The van der Waals surface area contributed by atoms with Crippen LogP contribution in [0.2, 0.25) is 0 Å². The topological polar surface area (TPSA) is 84.8 Å². The number of nitrogens with one attached hydrogen (secondary N) is 1. The first-order valence-corrected chi connectivity index (χ1v) is 6.81. The maximum atomic E-state index is 12.0. The fraction of sp³-hybridized carbons (Fsp3) is 0.167. The number of terminal acetylenes is 1. The van der Waals surface area contributed by atoms with E-state index in [0.29, 0.717) is 5.56 Å². The molecule has 1 aliphatic rings. The second-order valence-corrected chi connectivity index (χ2v) is 5.19. The van der Waals surface area contributed by atoms with Crippen molar-refractivity contribution >= 4 is 27.5 Å². The van der Waals surface area contributed by atoms with E-state index < -0.39 is 16.0 Å². The fourth-order valence-electron chi connectivity index (χ4n) is 1.54. The lowest BCUT2D eigenvalue weighted by Crippen LogP contribution is -2.30. The summed E-state index contributed by atoms with van der Waals surface area (Å²) < 4.78 is 32.0. The summed E-state index contributed by atoms with van der Waals surface area (Å²) in [5.74, 6) is 1.16. The highest BCUT2D eigenvalue weighted by Gasteiger charge is 2.28. The number of rotatable bonds is 2. The predicted octanol–water partition coefficient (Wildman–Crippen LogP) is 0.744. The summed E-state index contributed by atoms with van der Waals surface area (Å²) in [7, 11) is -3.96. The van der Waals surface area contributed by atoms with Gasteiger partial charge in [-0.1, -0.05) is 5.92 Å². The summed E-state index contributed by atoms with van der Waals surface area (Å²) in [6.07, 6.45) is 5.21. The number of fused-ring (bicyclic) bond motifs is 1. The molecule has 1 aromatic carbocycles. The highest BCUT2D eigenvalue weighted by molar-refractivity contribution is 7.90. The number of nitrogens with zero attached hydrogens (tertiary/aromatic N) is 1. The zero-order chi connectivity index (χ0) is 14.0. The minimum Gasteiger partial charge on any atom is -0.460 e. The number of hydrogen-bond donors (Lipinski definition) is 1. The Morgan fingerprint density at radius 2 is 2.26 bits per heavy atom. The second-order valence-electron chi connectivity index (χ2n) is 3.62. The molecule has 0 aliphatic carbocycles. The zero-order valence-electron chi connectivity index (χ0n) is 10.0. The number of carbonyl (C=O) groups excluding carboxylic acids is 1. The van der Waals surface area contributed by atoms with Crippen LogP contribution in [0.3, 0.4) is 0 Å². The Morgan fingerprint density at radius 1 is 1.53 bits per heavy atom. The highest BCUT2D eigenvalue weighted by Crippen LogP contribution is 2.28. The van der Waals surface area contributed by atoms with E-state index in [2.05, 4.69) is 15.6 Å². The molecule has 7 heteroatoms. The molecular weight excluding hydrogens is 268 g/mol. The van der Waals surface area contributed by atoms with Gasteiger partial charge in [-0.2, -0.15) is 8.42 Å². The minimum absolute atomic E-state index is 0.0593. The predicted molar refractivity (Wildman–Crippen MR) is 69.3 cm³/mol. The van der Waals surface area contributed by atoms with Gasteiger partial charge in [0.05, 0.1) is 12.3 Å². The van der Waals surface area contributed by atoms with Gasteiger partial charge in [0, 0.05) is 5.56 Å². The van der Waals surface area contributed by atoms with E-state index in [1.54, 1.807) is 13.0 Å². The van der Waals surface area contributed by atoms with Gasteiger partial charge in [-0.25, -0.2) is 4.79 Å². The Morgan fingerprint density at radius 3 is 2.89 bits per heavy atom. The van der Waals surface area contributed by atoms with Crippen molar-refractivity contribution in [1.82, 2.24) is 0 Å². The standard InChI is InChI=1S/C12H10N2O4S/c1-3-8-5-6-9-10(7-8)19(16,17)14-11(13-9)12(15)18-4-2/h1,5-7H,4H2,2H3,(H,13,14). The lowest BCUT2D eigenvalue weighted by molar-refractivity contribution is -0.135. The Balaban J connectivity index is 2.50. The van der Waals surface area contributed by atoms with Gasteiger partial charge in [-0.3, -0.25) is 0 Å². The summed E-state index contributed by atoms with van der Waals surface area (Å²) in [4.78, 5) is 11.4. The molecule has 1 aromatic rings. The summed E-state index contributed by atoms with van der Waals surface area (Å²) >= 11 is 0. The number of carbonyl (C=O) groups is 1. The van der Waals surface area contributed by atoms with E-state index in [-0.39, 0.29) is 23.0 Å². The molecule has 0 fully saturated rings. The fourth-order valence-corrected chi connectivity index (χ4v) is 2.67. The summed E-state index contributed by atoms with van der Waals surface area (Å²) in [5.41, 5.74) is 0.663. The molecule has 0 amide bonds. The van der Waals surface area contributed by atoms with E-state index in [1.165, 1.54) is 12.1 Å². The van der Waals surface area contributed by atoms with Gasteiger partial charge in [0.25, 0.3) is 10.0 Å². The molecule has 1 aliphatic heterocycles. The number of benzene rings is 1. The van der Waals surface area contributed by atoms with Crippen LogP contribution in [0.15, 0.2) is 27.5 Å². The van der Waals surface area contributed by atoms with Crippen molar-refractivity contribution in [2.24, 2.45) is 4.40 Å². The van der Waals surface area contributed by atoms with E-state index in [0.717, 1.165) is 0 Å². The van der Waals surface area contributed by atoms with Gasteiger partial charge in [0.15, 0.2) is 0 Å². The van der Waals surface area contributed by atoms with Crippen molar-refractivity contribution in [3.8, 4) is 12.3 Å². The van der Waals surface area contributed by atoms with Gasteiger partial charge in [-0.15, -0.1) is 10.8 Å². The van der Waals surface area contributed by atoms with Crippen LogP contribution in [-0.2, 0) is 19.6 Å². The van der Waals surface area contributed by atoms with Crippen molar-refractivity contribution < 1.29 is 17.9 Å². The van der Waals surface area contributed by atoms with Crippen molar-refractivity contribution in [3.05, 3.63) is 23.8 Å². The molecule has 2 rings (SSSR count). The van der Waals surface area contributed by atoms with Gasteiger partial charge < -0.3 is 10.1 Å². The first-order chi connectivity index (χ1) is 8.97. The Bertz CT molecular complexity index is 714. The monoisotopic (exact) mass is 278 g/mol. The Labute approximate surface area is 110 Å². The Kier molecular flexibility index (Phi) is 3.27. The van der Waals surface area contributed by atoms with E-state index in [9.17, 15) is 13.2 Å². The number of amidine groups is 1. The van der Waals surface area contributed by atoms with Crippen LogP contribution in [0.5, 0.6) is 0 Å². The van der Waals surface area contributed by atoms with Crippen molar-refractivity contribution in [1.29, 1.82) is 0 Å². The van der Waals surface area contributed by atoms with Gasteiger partial charge in [0.2, 0.25) is 5.84 Å².